The van der Waals surface area contributed by atoms with Gasteiger partial charge in [-0.3, -0.25) is 0 Å². The molecule has 0 aliphatic carbocycles. The van der Waals surface area contributed by atoms with E-state index in [1.165, 1.54) is 0 Å². The fourth-order valence-corrected chi connectivity index (χ4v) is 0.263. The molecule has 0 aromatic carbocycles. The number of aliphatic hydroxyl groups is 3. The Morgan fingerprint density at radius 2 is 2.00 bits per heavy atom. The van der Waals surface area contributed by atoms with E-state index >= 15 is 0 Å². The van der Waals surface area contributed by atoms with Crippen molar-refractivity contribution in [2.24, 2.45) is 0 Å². The molecule has 4 heteroatoms. The molecule has 0 atom stereocenters. The highest BCUT2D eigenvalue weighted by Gasteiger charge is 2.17. The van der Waals surface area contributed by atoms with Crippen molar-refractivity contribution >= 4 is 0 Å². The predicted molar refractivity (Wildman–Crippen MR) is 34.5 cm³/mol. The molecule has 0 saturated carbocycles. The number of hydrogen-bond donors (Lipinski definition) is 3. The van der Waals surface area contributed by atoms with E-state index in [4.69, 9.17) is 15.3 Å². The van der Waals surface area contributed by atoms with Crippen molar-refractivity contribution in [1.29, 1.82) is 0 Å². The summed E-state index contributed by atoms with van der Waals surface area (Å²) >= 11 is 0. The van der Waals surface area contributed by atoms with E-state index in [1.54, 1.807) is 6.92 Å². The first kappa shape index (κ1) is 9.42. The molecule has 0 rings (SSSR count). The Morgan fingerprint density at radius 3 is 2.30 bits per heavy atom. The molecule has 0 aliphatic rings. The molecule has 0 radical (unpaired) electrons. The molecule has 0 heterocycles. The summed E-state index contributed by atoms with van der Waals surface area (Å²) < 4.78 is 4.09. The highest BCUT2D eigenvalue weighted by atomic mass is 16.9. The van der Waals surface area contributed by atoms with E-state index in [2.05, 4.69) is 4.74 Å². The summed E-state index contributed by atoms with van der Waals surface area (Å²) in [4.78, 5) is 0. The molecule has 0 aromatic heterocycles. The van der Waals surface area contributed by atoms with E-state index in [0.29, 0.717) is 0 Å². The zero-order chi connectivity index (χ0) is 8.20. The van der Waals surface area contributed by atoms with Crippen LogP contribution in [-0.4, -0.2) is 21.5 Å². The fourth-order valence-electron chi connectivity index (χ4n) is 0.263. The van der Waals surface area contributed by atoms with Gasteiger partial charge in [-0.2, -0.15) is 0 Å². The summed E-state index contributed by atoms with van der Waals surface area (Å²) in [5, 5.41) is 24.6. The standard InChI is InChI=1S/C6H12O4/c1-3-5(2)4-10-6(7,8)9/h4,7-9H,3H2,1-2H3. The van der Waals surface area contributed by atoms with Crippen LogP contribution < -0.4 is 0 Å². The van der Waals surface area contributed by atoms with E-state index in [0.717, 1.165) is 18.3 Å². The first-order valence-electron chi connectivity index (χ1n) is 2.96. The minimum atomic E-state index is -3.05. The van der Waals surface area contributed by atoms with Crippen molar-refractivity contribution in [3.05, 3.63) is 11.8 Å². The van der Waals surface area contributed by atoms with E-state index in [-0.39, 0.29) is 0 Å². The van der Waals surface area contributed by atoms with Gasteiger partial charge in [0.15, 0.2) is 0 Å². The molecule has 60 valence electrons. The maximum atomic E-state index is 8.21. The number of allylic oxidation sites excluding steroid dienone is 1. The third-order valence-corrected chi connectivity index (χ3v) is 0.976. The molecule has 0 bridgehead atoms. The summed E-state index contributed by atoms with van der Waals surface area (Å²) in [5.41, 5.74) is 0.807. The molecule has 3 N–H and O–H groups in total. The third-order valence-electron chi connectivity index (χ3n) is 0.976. The molecule has 0 spiro atoms. The van der Waals surface area contributed by atoms with Crippen LogP contribution in [0, 0.1) is 0 Å². The van der Waals surface area contributed by atoms with Crippen LogP contribution in [0.4, 0.5) is 0 Å². The second-order valence-electron chi connectivity index (χ2n) is 2.01. The van der Waals surface area contributed by atoms with Gasteiger partial charge in [-0.1, -0.05) is 6.92 Å². The topological polar surface area (TPSA) is 69.9 Å². The van der Waals surface area contributed by atoms with E-state index in [1.807, 2.05) is 6.92 Å². The van der Waals surface area contributed by atoms with Gasteiger partial charge in [-0.15, -0.1) is 0 Å². The van der Waals surface area contributed by atoms with Gasteiger partial charge < -0.3 is 20.1 Å². The molecule has 0 amide bonds. The molecule has 0 unspecified atom stereocenters. The van der Waals surface area contributed by atoms with Crippen LogP contribution in [0.15, 0.2) is 11.8 Å². The Labute approximate surface area is 59.4 Å². The summed E-state index contributed by atoms with van der Waals surface area (Å²) in [7, 11) is 0. The van der Waals surface area contributed by atoms with Gasteiger partial charge in [0.25, 0.3) is 0 Å². The lowest BCUT2D eigenvalue weighted by molar-refractivity contribution is -0.437. The van der Waals surface area contributed by atoms with Crippen molar-refractivity contribution in [2.75, 3.05) is 0 Å². The van der Waals surface area contributed by atoms with E-state index in [9.17, 15) is 0 Å². The Kier molecular flexibility index (Phi) is 3.35. The first-order valence-corrected chi connectivity index (χ1v) is 2.96. The second-order valence-corrected chi connectivity index (χ2v) is 2.01. The first-order chi connectivity index (χ1) is 4.45. The SMILES string of the molecule is CCC(C)=COC(O)(O)O. The predicted octanol–water partition coefficient (Wildman–Crippen LogP) is -0.0950. The zero-order valence-corrected chi connectivity index (χ0v) is 6.03. The molecular formula is C6H12O4. The summed E-state index contributed by atoms with van der Waals surface area (Å²) in [6, 6.07) is 0. The van der Waals surface area contributed by atoms with Gasteiger partial charge in [0.1, 0.15) is 0 Å². The van der Waals surface area contributed by atoms with Crippen molar-refractivity contribution in [1.82, 2.24) is 0 Å². The lowest BCUT2D eigenvalue weighted by Gasteiger charge is -2.11. The lowest BCUT2D eigenvalue weighted by atomic mass is 10.3. The molecule has 0 fully saturated rings. The fraction of sp³-hybridized carbons (Fsp3) is 0.667. The summed E-state index contributed by atoms with van der Waals surface area (Å²) in [5.74, 6) is 0. The quantitative estimate of drug-likeness (QED) is 0.386. The highest BCUT2D eigenvalue weighted by molar-refractivity contribution is 4.90. The molecule has 4 nitrogen and oxygen atoms in total. The van der Waals surface area contributed by atoms with Gasteiger partial charge in [0.2, 0.25) is 0 Å². The normalized spacial score (nSPS) is 13.5. The van der Waals surface area contributed by atoms with Crippen LogP contribution in [0.1, 0.15) is 20.3 Å². The Bertz CT molecular complexity index is 122. The van der Waals surface area contributed by atoms with Gasteiger partial charge in [0, 0.05) is 0 Å². The van der Waals surface area contributed by atoms with Crippen LogP contribution in [0.25, 0.3) is 0 Å². The molecule has 0 saturated heterocycles. The molecule has 0 aromatic rings. The molecule has 10 heavy (non-hydrogen) atoms. The molecule has 0 aliphatic heterocycles. The van der Waals surface area contributed by atoms with Crippen molar-refractivity contribution in [3.63, 3.8) is 0 Å². The van der Waals surface area contributed by atoms with E-state index < -0.39 is 6.16 Å². The Hall–Kier alpha value is -0.580. The van der Waals surface area contributed by atoms with Crippen molar-refractivity contribution < 1.29 is 20.1 Å². The van der Waals surface area contributed by atoms with Crippen LogP contribution in [0.3, 0.4) is 0 Å². The van der Waals surface area contributed by atoms with Crippen molar-refractivity contribution in [3.8, 4) is 0 Å². The zero-order valence-electron chi connectivity index (χ0n) is 6.03. The lowest BCUT2D eigenvalue weighted by Crippen LogP contribution is -2.28. The minimum Gasteiger partial charge on any atom is -0.425 e. The maximum Gasteiger partial charge on any atom is 0.452 e. The smallest absolute Gasteiger partial charge is 0.425 e. The highest BCUT2D eigenvalue weighted by Crippen LogP contribution is 2.02. The van der Waals surface area contributed by atoms with Crippen LogP contribution >= 0.6 is 0 Å². The maximum absolute atomic E-state index is 8.21. The average molecular weight is 148 g/mol. The Morgan fingerprint density at radius 1 is 1.50 bits per heavy atom. The van der Waals surface area contributed by atoms with Crippen LogP contribution in [0.2, 0.25) is 0 Å². The van der Waals surface area contributed by atoms with Crippen LogP contribution in [0.5, 0.6) is 0 Å². The van der Waals surface area contributed by atoms with Gasteiger partial charge >= 0.3 is 6.16 Å². The van der Waals surface area contributed by atoms with Crippen molar-refractivity contribution in [2.45, 2.75) is 26.4 Å². The van der Waals surface area contributed by atoms with Crippen LogP contribution in [-0.2, 0) is 4.74 Å². The second kappa shape index (κ2) is 3.55. The van der Waals surface area contributed by atoms with Gasteiger partial charge in [0.05, 0.1) is 6.26 Å². The monoisotopic (exact) mass is 148 g/mol. The molecular weight excluding hydrogens is 136 g/mol. The minimum absolute atomic E-state index is 0.732. The van der Waals surface area contributed by atoms with Gasteiger partial charge in [-0.05, 0) is 18.9 Å². The number of hydrogen-bond acceptors (Lipinski definition) is 4. The average Bonchev–Trinajstić information content (AvgIpc) is 1.81. The third kappa shape index (κ3) is 5.55. The number of ether oxygens (including phenoxy) is 1. The largest absolute Gasteiger partial charge is 0.452 e. The summed E-state index contributed by atoms with van der Waals surface area (Å²) in [6.07, 6.45) is -1.22. The Balaban J connectivity index is 3.73. The summed E-state index contributed by atoms with van der Waals surface area (Å²) in [6.45, 7) is 3.62. The van der Waals surface area contributed by atoms with Gasteiger partial charge in [-0.25, -0.2) is 0 Å². The number of rotatable bonds is 3.